The molecule has 0 fully saturated rings. The summed E-state index contributed by atoms with van der Waals surface area (Å²) in [5.41, 5.74) is 0. The highest BCUT2D eigenvalue weighted by Crippen LogP contribution is 2.07. The third-order valence-corrected chi connectivity index (χ3v) is 7.39. The first-order chi connectivity index (χ1) is 21.1. The molecule has 0 amide bonds. The van der Waals surface area contributed by atoms with Gasteiger partial charge in [0, 0.05) is 13.1 Å². The zero-order chi connectivity index (χ0) is 31.6. The molecule has 0 aromatic heterocycles. The Labute approximate surface area is 262 Å². The highest BCUT2D eigenvalue weighted by atomic mass is 16.7. The van der Waals surface area contributed by atoms with Crippen LogP contribution in [0.4, 0.5) is 9.59 Å². The fourth-order valence-corrected chi connectivity index (χ4v) is 4.82. The molecule has 0 saturated heterocycles. The Hall–Kier alpha value is -1.62. The van der Waals surface area contributed by atoms with E-state index in [9.17, 15) is 19.8 Å². The second kappa shape index (κ2) is 33.3. The van der Waals surface area contributed by atoms with Crippen molar-refractivity contribution in [2.24, 2.45) is 0 Å². The predicted molar refractivity (Wildman–Crippen MR) is 171 cm³/mol. The fourth-order valence-electron chi connectivity index (χ4n) is 4.82. The number of unbranched alkanes of at least 4 members (excludes halogenated alkanes) is 12. The Morgan fingerprint density at radius 3 is 1.09 bits per heavy atom. The van der Waals surface area contributed by atoms with Gasteiger partial charge < -0.3 is 34.1 Å². The molecule has 0 atom stereocenters. The summed E-state index contributed by atoms with van der Waals surface area (Å²) in [5, 5.41) is 18.5. The van der Waals surface area contributed by atoms with E-state index >= 15 is 0 Å². The minimum atomic E-state index is -0.580. The van der Waals surface area contributed by atoms with E-state index in [2.05, 4.69) is 23.6 Å². The summed E-state index contributed by atoms with van der Waals surface area (Å²) in [6, 6.07) is 0. The van der Waals surface area contributed by atoms with Gasteiger partial charge in [-0.15, -0.1) is 0 Å². The van der Waals surface area contributed by atoms with E-state index < -0.39 is 12.3 Å². The van der Waals surface area contributed by atoms with Crippen molar-refractivity contribution in [3.8, 4) is 0 Å². The largest absolute Gasteiger partial charge is 0.508 e. The van der Waals surface area contributed by atoms with Gasteiger partial charge >= 0.3 is 12.3 Å². The van der Waals surface area contributed by atoms with Crippen molar-refractivity contribution in [2.45, 2.75) is 123 Å². The molecule has 10 nitrogen and oxygen atoms in total. The first-order valence-corrected chi connectivity index (χ1v) is 17.3. The Bertz CT molecular complexity index is 565. The van der Waals surface area contributed by atoms with E-state index in [-0.39, 0.29) is 13.2 Å². The second-order valence-electron chi connectivity index (χ2n) is 11.3. The van der Waals surface area contributed by atoms with E-state index in [4.69, 9.17) is 18.9 Å². The van der Waals surface area contributed by atoms with Gasteiger partial charge in [0.1, 0.15) is 0 Å². The van der Waals surface area contributed by atoms with Crippen LogP contribution in [0.2, 0.25) is 0 Å². The lowest BCUT2D eigenvalue weighted by atomic mass is 10.1. The first-order valence-electron chi connectivity index (χ1n) is 17.3. The first kappa shape index (κ1) is 41.4. The summed E-state index contributed by atoms with van der Waals surface area (Å²) in [7, 11) is 0. The van der Waals surface area contributed by atoms with Crippen LogP contribution in [0.25, 0.3) is 0 Å². The highest BCUT2D eigenvalue weighted by molar-refractivity contribution is 5.60. The molecule has 0 aromatic carbocycles. The molecule has 0 saturated carbocycles. The second-order valence-corrected chi connectivity index (χ2v) is 11.3. The van der Waals surface area contributed by atoms with E-state index in [0.717, 1.165) is 84.0 Å². The maximum Gasteiger partial charge on any atom is 0.508 e. The van der Waals surface area contributed by atoms with Crippen molar-refractivity contribution in [1.82, 2.24) is 9.80 Å². The number of rotatable bonds is 32. The average Bonchev–Trinajstić information content (AvgIpc) is 2.99. The minimum Gasteiger partial charge on any atom is -0.434 e. The van der Waals surface area contributed by atoms with Crippen LogP contribution >= 0.6 is 0 Å². The molecule has 256 valence electrons. The van der Waals surface area contributed by atoms with Crippen molar-refractivity contribution in [1.29, 1.82) is 0 Å². The minimum absolute atomic E-state index is 0.0759. The third-order valence-electron chi connectivity index (χ3n) is 7.39. The van der Waals surface area contributed by atoms with Gasteiger partial charge in [-0.3, -0.25) is 4.90 Å². The predicted octanol–water partition coefficient (Wildman–Crippen LogP) is 6.55. The molecule has 0 rings (SSSR count). The smallest absolute Gasteiger partial charge is 0.434 e. The molecule has 0 bridgehead atoms. The number of aliphatic hydroxyl groups excluding tert-OH is 2. The zero-order valence-corrected chi connectivity index (χ0v) is 27.7. The molecule has 0 aromatic rings. The fraction of sp³-hybridized carbons (Fsp3) is 0.939. The van der Waals surface area contributed by atoms with E-state index in [1.807, 2.05) is 0 Å². The Balaban J connectivity index is 4.20. The molecule has 0 aliphatic carbocycles. The summed E-state index contributed by atoms with van der Waals surface area (Å²) in [6.07, 6.45) is 16.8. The maximum absolute atomic E-state index is 11.8. The number of ether oxygens (including phenoxy) is 4. The van der Waals surface area contributed by atoms with Crippen LogP contribution in [-0.2, 0) is 18.9 Å². The molecule has 0 spiro atoms. The highest BCUT2D eigenvalue weighted by Gasteiger charge is 2.10. The SMILES string of the molecule is CCCCCCCCOC(=O)OCCCCN(CCCCOC(=O)OCCCCCCCC)CCCN(CCO)CCO. The monoisotopic (exact) mass is 618 g/mol. The molecule has 0 heterocycles. The topological polar surface area (TPSA) is 118 Å². The van der Waals surface area contributed by atoms with Crippen LogP contribution in [0.1, 0.15) is 123 Å². The van der Waals surface area contributed by atoms with Gasteiger partial charge in [0.05, 0.1) is 39.6 Å². The van der Waals surface area contributed by atoms with E-state index in [1.165, 1.54) is 51.4 Å². The number of carbonyl (C=O) groups is 2. The molecule has 0 unspecified atom stereocenters. The zero-order valence-electron chi connectivity index (χ0n) is 27.7. The molecular weight excluding hydrogens is 552 g/mol. The number of hydrogen-bond donors (Lipinski definition) is 2. The van der Waals surface area contributed by atoms with Gasteiger partial charge in [-0.05, 0) is 71.1 Å². The number of nitrogens with zero attached hydrogens (tertiary/aromatic N) is 2. The Morgan fingerprint density at radius 2 is 0.721 bits per heavy atom. The van der Waals surface area contributed by atoms with Crippen LogP contribution in [0.15, 0.2) is 0 Å². The van der Waals surface area contributed by atoms with Gasteiger partial charge in [0.2, 0.25) is 0 Å². The van der Waals surface area contributed by atoms with Gasteiger partial charge in [-0.1, -0.05) is 78.1 Å². The lowest BCUT2D eigenvalue weighted by molar-refractivity contribution is 0.0524. The third kappa shape index (κ3) is 30.2. The number of hydrogen-bond acceptors (Lipinski definition) is 10. The van der Waals surface area contributed by atoms with Crippen LogP contribution in [0.5, 0.6) is 0 Å². The van der Waals surface area contributed by atoms with Crippen LogP contribution < -0.4 is 0 Å². The summed E-state index contributed by atoms with van der Waals surface area (Å²) in [6.45, 7) is 10.6. The van der Waals surface area contributed by atoms with Crippen molar-refractivity contribution >= 4 is 12.3 Å². The van der Waals surface area contributed by atoms with Crippen molar-refractivity contribution in [3.05, 3.63) is 0 Å². The standard InChI is InChI=1S/C33H66N2O8/c1-3-5-7-9-11-15-28-40-32(38)42-30-17-13-20-34(22-19-23-35(24-26-36)25-27-37)21-14-18-31-43-33(39)41-29-16-12-10-8-6-4-2/h36-37H,3-31H2,1-2H3. The van der Waals surface area contributed by atoms with Crippen LogP contribution in [-0.4, -0.2) is 111 Å². The number of carbonyl (C=O) groups excluding carboxylic acids is 2. The average molecular weight is 619 g/mol. The summed E-state index contributed by atoms with van der Waals surface area (Å²) < 4.78 is 20.8. The van der Waals surface area contributed by atoms with Crippen LogP contribution in [0, 0.1) is 0 Å². The van der Waals surface area contributed by atoms with Crippen molar-refractivity contribution in [2.75, 3.05) is 78.9 Å². The number of aliphatic hydroxyl groups is 2. The maximum atomic E-state index is 11.8. The van der Waals surface area contributed by atoms with Gasteiger partial charge in [0.25, 0.3) is 0 Å². The lowest BCUT2D eigenvalue weighted by Crippen LogP contribution is -2.34. The summed E-state index contributed by atoms with van der Waals surface area (Å²) in [5.74, 6) is 0. The van der Waals surface area contributed by atoms with E-state index in [1.54, 1.807) is 0 Å². The molecule has 10 heteroatoms. The summed E-state index contributed by atoms with van der Waals surface area (Å²) >= 11 is 0. The van der Waals surface area contributed by atoms with Gasteiger partial charge in [-0.2, -0.15) is 0 Å². The molecule has 0 aliphatic rings. The van der Waals surface area contributed by atoms with Crippen LogP contribution in [0.3, 0.4) is 0 Å². The Morgan fingerprint density at radius 1 is 0.419 bits per heavy atom. The Kier molecular flexibility index (Phi) is 32.0. The molecule has 0 aliphatic heterocycles. The van der Waals surface area contributed by atoms with Crippen molar-refractivity contribution < 1.29 is 38.7 Å². The quantitative estimate of drug-likeness (QED) is 0.0634. The molecule has 2 N–H and O–H groups in total. The normalized spacial score (nSPS) is 11.3. The molecule has 43 heavy (non-hydrogen) atoms. The molecule has 0 radical (unpaired) electrons. The van der Waals surface area contributed by atoms with Gasteiger partial charge in [-0.25, -0.2) is 9.59 Å². The molecular formula is C33H66N2O8. The van der Waals surface area contributed by atoms with Gasteiger partial charge in [0.15, 0.2) is 0 Å². The summed E-state index contributed by atoms with van der Waals surface area (Å²) in [4.78, 5) is 28.1. The van der Waals surface area contributed by atoms with Crippen molar-refractivity contribution in [3.63, 3.8) is 0 Å². The van der Waals surface area contributed by atoms with E-state index in [0.29, 0.717) is 39.5 Å². The lowest BCUT2D eigenvalue weighted by Gasteiger charge is -2.25.